The summed E-state index contributed by atoms with van der Waals surface area (Å²) in [5.74, 6) is -0.188. The van der Waals surface area contributed by atoms with E-state index in [1.165, 1.54) is 12.1 Å². The minimum Gasteiger partial charge on any atom is -0.369 e. The van der Waals surface area contributed by atoms with Gasteiger partial charge in [0.25, 0.3) is 0 Å². The second-order valence-electron chi connectivity index (χ2n) is 7.77. The second-order valence-corrected chi connectivity index (χ2v) is 9.02. The Bertz CT molecular complexity index is 819. The Labute approximate surface area is 175 Å². The number of fused-ring (bicyclic) bond motifs is 1. The van der Waals surface area contributed by atoms with Crippen LogP contribution in [-0.2, 0) is 6.54 Å². The minimum absolute atomic E-state index is 0.188. The quantitative estimate of drug-likeness (QED) is 0.525. The lowest BCUT2D eigenvalue weighted by Crippen LogP contribution is -2.46. The van der Waals surface area contributed by atoms with E-state index in [1.807, 2.05) is 12.1 Å². The normalized spacial score (nSPS) is 21.0. The standard InChI is InChI=1S/C21H28FN5OS/c1-24-11-7-19(23-28)21-20(29-24)8-12-27(21)10-2-9-25-13-15-26(16-14-25)18-5-3-17(22)4-6-18/h3-6,8,12,19H,2,7,9-11,13-16H2,1H3. The van der Waals surface area contributed by atoms with E-state index in [9.17, 15) is 9.30 Å². The van der Waals surface area contributed by atoms with E-state index in [2.05, 4.69) is 43.2 Å². The first-order valence-electron chi connectivity index (χ1n) is 10.3. The largest absolute Gasteiger partial charge is 0.369 e. The van der Waals surface area contributed by atoms with Gasteiger partial charge < -0.3 is 9.47 Å². The highest BCUT2D eigenvalue weighted by Crippen LogP contribution is 2.37. The van der Waals surface area contributed by atoms with Gasteiger partial charge in [-0.3, -0.25) is 4.90 Å². The van der Waals surface area contributed by atoms with Crippen LogP contribution in [0, 0.1) is 10.7 Å². The summed E-state index contributed by atoms with van der Waals surface area (Å²) >= 11 is 1.71. The molecule has 1 aromatic carbocycles. The van der Waals surface area contributed by atoms with Crippen molar-refractivity contribution in [2.45, 2.75) is 30.3 Å². The summed E-state index contributed by atoms with van der Waals surface area (Å²) in [6.07, 6.45) is 3.92. The van der Waals surface area contributed by atoms with Crippen LogP contribution in [0.1, 0.15) is 24.6 Å². The summed E-state index contributed by atoms with van der Waals surface area (Å²) < 4.78 is 17.5. The molecule has 0 saturated carbocycles. The molecule has 3 heterocycles. The summed E-state index contributed by atoms with van der Waals surface area (Å²) in [7, 11) is 2.06. The monoisotopic (exact) mass is 417 g/mol. The van der Waals surface area contributed by atoms with Crippen LogP contribution in [0.2, 0.25) is 0 Å². The lowest BCUT2D eigenvalue weighted by molar-refractivity contribution is 0.250. The van der Waals surface area contributed by atoms with Crippen molar-refractivity contribution in [3.05, 3.63) is 52.9 Å². The third-order valence-electron chi connectivity index (χ3n) is 5.82. The molecule has 4 rings (SSSR count). The minimum atomic E-state index is -0.253. The highest BCUT2D eigenvalue weighted by molar-refractivity contribution is 7.97. The Balaban J connectivity index is 1.28. The molecule has 1 aromatic heterocycles. The SMILES string of the molecule is CN1CCC(N=O)c2c(ccn2CCCN2CCN(c3ccc(F)cc3)CC2)S1. The molecule has 2 aromatic rings. The van der Waals surface area contributed by atoms with Crippen LogP contribution in [0.15, 0.2) is 46.6 Å². The Morgan fingerprint density at radius 3 is 2.55 bits per heavy atom. The van der Waals surface area contributed by atoms with Gasteiger partial charge in [-0.15, -0.1) is 0 Å². The van der Waals surface area contributed by atoms with Gasteiger partial charge in [0.2, 0.25) is 0 Å². The van der Waals surface area contributed by atoms with Crippen LogP contribution in [0.25, 0.3) is 0 Å². The molecular formula is C21H28FN5OS. The molecule has 156 valence electrons. The number of halogens is 1. The Kier molecular flexibility index (Phi) is 6.52. The molecule has 2 aliphatic rings. The number of benzene rings is 1. The molecule has 29 heavy (non-hydrogen) atoms. The maximum Gasteiger partial charge on any atom is 0.134 e. The first-order valence-corrected chi connectivity index (χ1v) is 11.0. The molecular weight excluding hydrogens is 389 g/mol. The van der Waals surface area contributed by atoms with Gasteiger partial charge in [-0.2, -0.15) is 4.91 Å². The van der Waals surface area contributed by atoms with Crippen molar-refractivity contribution in [1.82, 2.24) is 13.8 Å². The molecule has 1 unspecified atom stereocenters. The van der Waals surface area contributed by atoms with E-state index < -0.39 is 0 Å². The second kappa shape index (κ2) is 9.28. The fourth-order valence-electron chi connectivity index (χ4n) is 4.20. The number of hydrogen-bond acceptors (Lipinski definition) is 6. The van der Waals surface area contributed by atoms with Crippen molar-refractivity contribution in [3.63, 3.8) is 0 Å². The Morgan fingerprint density at radius 1 is 1.07 bits per heavy atom. The summed E-state index contributed by atoms with van der Waals surface area (Å²) in [6.45, 7) is 6.77. The maximum absolute atomic E-state index is 13.1. The zero-order chi connectivity index (χ0) is 20.2. The van der Waals surface area contributed by atoms with Crippen molar-refractivity contribution in [2.24, 2.45) is 5.18 Å². The number of nitrogens with zero attached hydrogens (tertiary/aromatic N) is 5. The van der Waals surface area contributed by atoms with Crippen molar-refractivity contribution in [2.75, 3.05) is 51.2 Å². The van der Waals surface area contributed by atoms with Gasteiger partial charge in [0.15, 0.2) is 0 Å². The Hall–Kier alpha value is -1.90. The van der Waals surface area contributed by atoms with Gasteiger partial charge in [0, 0.05) is 56.0 Å². The van der Waals surface area contributed by atoms with Gasteiger partial charge in [-0.05, 0) is 68.7 Å². The molecule has 0 aliphatic carbocycles. The van der Waals surface area contributed by atoms with E-state index >= 15 is 0 Å². The maximum atomic E-state index is 13.1. The van der Waals surface area contributed by atoms with Crippen molar-refractivity contribution in [1.29, 1.82) is 0 Å². The number of aryl methyl sites for hydroxylation is 1. The predicted octanol–water partition coefficient (Wildman–Crippen LogP) is 3.99. The lowest BCUT2D eigenvalue weighted by atomic mass is 10.1. The smallest absolute Gasteiger partial charge is 0.134 e. The number of hydrogen-bond donors (Lipinski definition) is 0. The first kappa shape index (κ1) is 20.4. The average Bonchev–Trinajstić information content (AvgIpc) is 3.04. The molecule has 0 amide bonds. The average molecular weight is 418 g/mol. The predicted molar refractivity (Wildman–Crippen MR) is 116 cm³/mol. The molecule has 0 radical (unpaired) electrons. The zero-order valence-corrected chi connectivity index (χ0v) is 17.7. The fraction of sp³-hybridized carbons (Fsp3) is 0.524. The number of rotatable bonds is 6. The third-order valence-corrected chi connectivity index (χ3v) is 6.86. The van der Waals surface area contributed by atoms with Crippen LogP contribution < -0.4 is 4.90 Å². The van der Waals surface area contributed by atoms with E-state index in [1.54, 1.807) is 11.9 Å². The third kappa shape index (κ3) is 4.82. The van der Waals surface area contributed by atoms with Crippen LogP contribution in [0.5, 0.6) is 0 Å². The van der Waals surface area contributed by atoms with Crippen LogP contribution in [-0.4, -0.2) is 60.1 Å². The highest BCUT2D eigenvalue weighted by atomic mass is 32.2. The lowest BCUT2D eigenvalue weighted by Gasteiger charge is -2.36. The topological polar surface area (TPSA) is 44.1 Å². The summed E-state index contributed by atoms with van der Waals surface area (Å²) in [6, 6.07) is 8.63. The number of piperazine rings is 1. The van der Waals surface area contributed by atoms with Gasteiger partial charge in [-0.25, -0.2) is 8.70 Å². The molecule has 8 heteroatoms. The fourth-order valence-corrected chi connectivity index (χ4v) is 5.20. The Morgan fingerprint density at radius 2 is 1.83 bits per heavy atom. The summed E-state index contributed by atoms with van der Waals surface area (Å²) in [5.41, 5.74) is 2.17. The van der Waals surface area contributed by atoms with E-state index in [-0.39, 0.29) is 11.9 Å². The van der Waals surface area contributed by atoms with Crippen molar-refractivity contribution >= 4 is 17.6 Å². The molecule has 6 nitrogen and oxygen atoms in total. The molecule has 1 atom stereocenters. The number of nitroso groups, excluding NO2 is 1. The van der Waals surface area contributed by atoms with Crippen molar-refractivity contribution < 1.29 is 4.39 Å². The molecule has 0 bridgehead atoms. The van der Waals surface area contributed by atoms with Gasteiger partial charge in [0.05, 0.1) is 5.69 Å². The highest BCUT2D eigenvalue weighted by Gasteiger charge is 2.26. The van der Waals surface area contributed by atoms with Gasteiger partial charge in [0.1, 0.15) is 11.9 Å². The van der Waals surface area contributed by atoms with E-state index in [0.717, 1.165) is 74.9 Å². The zero-order valence-electron chi connectivity index (χ0n) is 16.8. The van der Waals surface area contributed by atoms with Gasteiger partial charge >= 0.3 is 0 Å². The summed E-state index contributed by atoms with van der Waals surface area (Å²) in [5, 5.41) is 3.41. The summed E-state index contributed by atoms with van der Waals surface area (Å²) in [4.78, 5) is 17.4. The van der Waals surface area contributed by atoms with E-state index in [4.69, 9.17) is 0 Å². The molecule has 0 N–H and O–H groups in total. The molecule has 0 spiro atoms. The van der Waals surface area contributed by atoms with Gasteiger partial charge in [-0.1, -0.05) is 5.18 Å². The van der Waals surface area contributed by atoms with Crippen LogP contribution in [0.3, 0.4) is 0 Å². The van der Waals surface area contributed by atoms with E-state index in [0.29, 0.717) is 0 Å². The first-order chi connectivity index (χ1) is 14.1. The van der Waals surface area contributed by atoms with Crippen LogP contribution >= 0.6 is 11.9 Å². The van der Waals surface area contributed by atoms with Crippen molar-refractivity contribution in [3.8, 4) is 0 Å². The number of anilines is 1. The molecule has 1 saturated heterocycles. The van der Waals surface area contributed by atoms with Crippen LogP contribution in [0.4, 0.5) is 10.1 Å². The molecule has 2 aliphatic heterocycles. The number of aromatic nitrogens is 1. The molecule has 1 fully saturated rings.